The summed E-state index contributed by atoms with van der Waals surface area (Å²) in [5.41, 5.74) is 1.08. The Bertz CT molecular complexity index is 540. The third-order valence-corrected chi connectivity index (χ3v) is 2.31. The fraction of sp³-hybridized carbons (Fsp3) is 0.250. The molecule has 0 bridgehead atoms. The molecule has 3 N–H and O–H groups in total. The lowest BCUT2D eigenvalue weighted by Crippen LogP contribution is -2.07. The molecule has 6 heteroatoms. The Morgan fingerprint density at radius 2 is 2.11 bits per heavy atom. The van der Waals surface area contributed by atoms with Gasteiger partial charge in [-0.15, -0.1) is 0 Å². The first-order valence-corrected chi connectivity index (χ1v) is 5.60. The highest BCUT2D eigenvalue weighted by Crippen LogP contribution is 2.11. The van der Waals surface area contributed by atoms with Gasteiger partial charge in [0, 0.05) is 18.0 Å². The minimum atomic E-state index is 0.229. The highest BCUT2D eigenvalue weighted by molar-refractivity contribution is 5.48. The predicted molar refractivity (Wildman–Crippen MR) is 69.0 cm³/mol. The first-order chi connectivity index (χ1) is 8.78. The normalized spacial score (nSPS) is 9.78. The number of hydrogen-bond acceptors (Lipinski definition) is 5. The summed E-state index contributed by atoms with van der Waals surface area (Å²) in [6.45, 7) is 2.71. The van der Waals surface area contributed by atoms with Gasteiger partial charge in [0.05, 0.1) is 12.6 Å². The molecule has 0 saturated carbocycles. The van der Waals surface area contributed by atoms with Gasteiger partial charge in [-0.05, 0) is 19.1 Å². The van der Waals surface area contributed by atoms with Crippen molar-refractivity contribution in [1.82, 2.24) is 15.0 Å². The second-order valence-corrected chi connectivity index (χ2v) is 3.75. The third kappa shape index (κ3) is 3.22. The molecule has 0 aliphatic heterocycles. The van der Waals surface area contributed by atoms with E-state index in [2.05, 4.69) is 25.6 Å². The molecule has 0 aliphatic rings. The molecule has 0 saturated heterocycles. The maximum Gasteiger partial charge on any atom is 0.132 e. The Labute approximate surface area is 105 Å². The van der Waals surface area contributed by atoms with Gasteiger partial charge in [0.1, 0.15) is 24.0 Å². The number of H-pyrrole nitrogens is 1. The highest BCUT2D eigenvalue weighted by atomic mass is 15.1. The molecule has 0 aromatic carbocycles. The standard InChI is InChI=1S/C12H14N6/c1-9-17-11(15-6-4-13)7-12(18-9)16-8-10-3-2-5-14-10/h2-3,5,7,14H,6,8H2,1H3,(H2,15,16,17,18). The molecule has 0 spiro atoms. The molecule has 18 heavy (non-hydrogen) atoms. The van der Waals surface area contributed by atoms with Crippen LogP contribution in [-0.2, 0) is 6.54 Å². The molecule has 6 nitrogen and oxygen atoms in total. The first-order valence-electron chi connectivity index (χ1n) is 5.60. The van der Waals surface area contributed by atoms with Gasteiger partial charge in [-0.3, -0.25) is 0 Å². The zero-order valence-corrected chi connectivity index (χ0v) is 10.1. The van der Waals surface area contributed by atoms with Crippen LogP contribution in [0, 0.1) is 18.3 Å². The number of anilines is 2. The van der Waals surface area contributed by atoms with Crippen molar-refractivity contribution in [2.24, 2.45) is 0 Å². The van der Waals surface area contributed by atoms with Crippen molar-refractivity contribution in [3.63, 3.8) is 0 Å². The van der Waals surface area contributed by atoms with Crippen molar-refractivity contribution in [1.29, 1.82) is 5.26 Å². The molecule has 2 heterocycles. The molecule has 0 radical (unpaired) electrons. The Morgan fingerprint density at radius 1 is 1.33 bits per heavy atom. The van der Waals surface area contributed by atoms with Crippen molar-refractivity contribution < 1.29 is 0 Å². The van der Waals surface area contributed by atoms with Crippen LogP contribution in [0.15, 0.2) is 24.4 Å². The molecule has 0 atom stereocenters. The van der Waals surface area contributed by atoms with E-state index in [-0.39, 0.29) is 6.54 Å². The Balaban J connectivity index is 2.03. The SMILES string of the molecule is Cc1nc(NCC#N)cc(NCc2ccc[nH]2)n1. The van der Waals surface area contributed by atoms with Gasteiger partial charge in [0.2, 0.25) is 0 Å². The monoisotopic (exact) mass is 242 g/mol. The summed E-state index contributed by atoms with van der Waals surface area (Å²) in [5.74, 6) is 2.04. The van der Waals surface area contributed by atoms with Crippen molar-refractivity contribution in [3.8, 4) is 6.07 Å². The molecule has 0 unspecified atom stereocenters. The van der Waals surface area contributed by atoms with Gasteiger partial charge >= 0.3 is 0 Å². The fourth-order valence-electron chi connectivity index (χ4n) is 1.54. The number of hydrogen-bond donors (Lipinski definition) is 3. The second kappa shape index (κ2) is 5.68. The minimum absolute atomic E-state index is 0.229. The van der Waals surface area contributed by atoms with Gasteiger partial charge < -0.3 is 15.6 Å². The van der Waals surface area contributed by atoms with E-state index in [1.807, 2.05) is 31.3 Å². The lowest BCUT2D eigenvalue weighted by Gasteiger charge is -2.08. The lowest BCUT2D eigenvalue weighted by molar-refractivity contribution is 1.00. The number of nitrogens with one attached hydrogen (secondary N) is 3. The van der Waals surface area contributed by atoms with Crippen LogP contribution >= 0.6 is 0 Å². The third-order valence-electron chi connectivity index (χ3n) is 2.31. The molecule has 2 aromatic heterocycles. The smallest absolute Gasteiger partial charge is 0.132 e. The summed E-state index contributed by atoms with van der Waals surface area (Å²) in [7, 11) is 0. The molecular formula is C12H14N6. The van der Waals surface area contributed by atoms with Crippen LogP contribution in [-0.4, -0.2) is 21.5 Å². The maximum absolute atomic E-state index is 8.52. The van der Waals surface area contributed by atoms with E-state index in [0.717, 1.165) is 11.5 Å². The van der Waals surface area contributed by atoms with E-state index in [1.54, 1.807) is 6.07 Å². The number of rotatable bonds is 5. The van der Waals surface area contributed by atoms with Crippen molar-refractivity contribution in [2.45, 2.75) is 13.5 Å². The number of nitriles is 1. The number of aryl methyl sites for hydroxylation is 1. The zero-order chi connectivity index (χ0) is 12.8. The zero-order valence-electron chi connectivity index (χ0n) is 10.1. The maximum atomic E-state index is 8.52. The lowest BCUT2D eigenvalue weighted by atomic mass is 10.4. The quantitative estimate of drug-likeness (QED) is 0.694. The number of aromatic amines is 1. The summed E-state index contributed by atoms with van der Waals surface area (Å²) in [4.78, 5) is 11.6. The highest BCUT2D eigenvalue weighted by Gasteiger charge is 2.01. The van der Waals surface area contributed by atoms with Crippen LogP contribution in [0.1, 0.15) is 11.5 Å². The molecule has 0 amide bonds. The van der Waals surface area contributed by atoms with Crippen LogP contribution < -0.4 is 10.6 Å². The van der Waals surface area contributed by atoms with Crippen LogP contribution in [0.25, 0.3) is 0 Å². The molecule has 0 fully saturated rings. The van der Waals surface area contributed by atoms with E-state index in [4.69, 9.17) is 5.26 Å². The van der Waals surface area contributed by atoms with Crippen molar-refractivity contribution in [2.75, 3.05) is 17.2 Å². The topological polar surface area (TPSA) is 89.4 Å². The summed E-state index contributed by atoms with van der Waals surface area (Å²) in [6, 6.07) is 7.74. The van der Waals surface area contributed by atoms with E-state index in [9.17, 15) is 0 Å². The molecule has 92 valence electrons. The summed E-state index contributed by atoms with van der Waals surface area (Å²) in [6.07, 6.45) is 1.88. The van der Waals surface area contributed by atoms with E-state index < -0.39 is 0 Å². The van der Waals surface area contributed by atoms with E-state index in [0.29, 0.717) is 18.2 Å². The Hall–Kier alpha value is -2.55. The fourth-order valence-corrected chi connectivity index (χ4v) is 1.54. The predicted octanol–water partition coefficient (Wildman–Crippen LogP) is 1.66. The van der Waals surface area contributed by atoms with Gasteiger partial charge in [-0.25, -0.2) is 9.97 Å². The molecular weight excluding hydrogens is 228 g/mol. The van der Waals surface area contributed by atoms with Crippen LogP contribution in [0.4, 0.5) is 11.6 Å². The Morgan fingerprint density at radius 3 is 2.78 bits per heavy atom. The number of aromatic nitrogens is 3. The van der Waals surface area contributed by atoms with Crippen molar-refractivity contribution in [3.05, 3.63) is 35.9 Å². The largest absolute Gasteiger partial charge is 0.364 e. The van der Waals surface area contributed by atoms with Crippen LogP contribution in [0.2, 0.25) is 0 Å². The summed E-state index contributed by atoms with van der Waals surface area (Å²) in [5, 5.41) is 14.6. The molecule has 2 rings (SSSR count). The minimum Gasteiger partial charge on any atom is -0.364 e. The van der Waals surface area contributed by atoms with E-state index in [1.165, 1.54) is 0 Å². The second-order valence-electron chi connectivity index (χ2n) is 3.75. The average Bonchev–Trinajstić information content (AvgIpc) is 2.86. The summed E-state index contributed by atoms with van der Waals surface area (Å²) < 4.78 is 0. The summed E-state index contributed by atoms with van der Waals surface area (Å²) >= 11 is 0. The van der Waals surface area contributed by atoms with Gasteiger partial charge in [-0.2, -0.15) is 5.26 Å². The van der Waals surface area contributed by atoms with Gasteiger partial charge in [0.25, 0.3) is 0 Å². The van der Waals surface area contributed by atoms with Gasteiger partial charge in [-0.1, -0.05) is 0 Å². The van der Waals surface area contributed by atoms with Crippen LogP contribution in [0.5, 0.6) is 0 Å². The van der Waals surface area contributed by atoms with Crippen molar-refractivity contribution >= 4 is 11.6 Å². The van der Waals surface area contributed by atoms with E-state index >= 15 is 0 Å². The molecule has 0 aliphatic carbocycles. The first kappa shape index (κ1) is 11.9. The Kier molecular flexibility index (Phi) is 3.76. The van der Waals surface area contributed by atoms with Crippen LogP contribution in [0.3, 0.4) is 0 Å². The van der Waals surface area contributed by atoms with Gasteiger partial charge in [0.15, 0.2) is 0 Å². The molecule has 2 aromatic rings. The average molecular weight is 242 g/mol. The number of nitrogens with zero attached hydrogens (tertiary/aromatic N) is 3.